The average Bonchev–Trinajstić information content (AvgIpc) is 2.56. The molecule has 3 heterocycles. The third kappa shape index (κ3) is 2.79. The molecular weight excluding hydrogens is 307 g/mol. The van der Waals surface area contributed by atoms with E-state index in [9.17, 15) is 4.39 Å². The number of aromatic nitrogens is 4. The highest BCUT2D eigenvalue weighted by molar-refractivity contribution is 5.46. The first-order chi connectivity index (χ1) is 11.7. The summed E-state index contributed by atoms with van der Waals surface area (Å²) < 4.78 is 14.2. The lowest BCUT2D eigenvalue weighted by Gasteiger charge is -2.36. The van der Waals surface area contributed by atoms with E-state index in [0.717, 1.165) is 37.7 Å². The monoisotopic (exact) mass is 328 g/mol. The van der Waals surface area contributed by atoms with Gasteiger partial charge in [0.15, 0.2) is 11.6 Å². The van der Waals surface area contributed by atoms with Gasteiger partial charge in [-0.05, 0) is 19.8 Å². The van der Waals surface area contributed by atoms with Crippen molar-refractivity contribution in [2.45, 2.75) is 32.1 Å². The van der Waals surface area contributed by atoms with Crippen LogP contribution < -0.4 is 9.80 Å². The Balaban J connectivity index is 1.45. The fourth-order valence-electron chi connectivity index (χ4n) is 3.27. The molecule has 1 aliphatic carbocycles. The standard InChI is InChI=1S/C17H21FN6/c1-12-16(18)17(22-10-19-12)24-7-5-23(6-8-24)15-9-14(20-11-21-15)13-3-2-4-13/h9-11,13H,2-8H2,1H3. The Hall–Kier alpha value is -2.31. The molecule has 2 aliphatic rings. The van der Waals surface area contributed by atoms with Gasteiger partial charge in [-0.25, -0.2) is 24.3 Å². The first-order valence-electron chi connectivity index (χ1n) is 8.51. The molecule has 1 saturated heterocycles. The molecule has 0 bridgehead atoms. The number of halogens is 1. The molecule has 6 nitrogen and oxygen atoms in total. The van der Waals surface area contributed by atoms with Gasteiger partial charge < -0.3 is 9.80 Å². The van der Waals surface area contributed by atoms with Crippen LogP contribution in [0, 0.1) is 12.7 Å². The van der Waals surface area contributed by atoms with E-state index in [1.807, 2.05) is 4.90 Å². The highest BCUT2D eigenvalue weighted by Gasteiger charge is 2.25. The van der Waals surface area contributed by atoms with Crippen molar-refractivity contribution < 1.29 is 4.39 Å². The summed E-state index contributed by atoms with van der Waals surface area (Å²) in [4.78, 5) is 21.1. The molecule has 0 atom stereocenters. The van der Waals surface area contributed by atoms with Crippen LogP contribution in [0.5, 0.6) is 0 Å². The maximum absolute atomic E-state index is 14.2. The van der Waals surface area contributed by atoms with Crippen molar-refractivity contribution in [3.63, 3.8) is 0 Å². The molecule has 0 radical (unpaired) electrons. The summed E-state index contributed by atoms with van der Waals surface area (Å²) in [6.07, 6.45) is 6.86. The van der Waals surface area contributed by atoms with Crippen LogP contribution in [0.2, 0.25) is 0 Å². The zero-order chi connectivity index (χ0) is 16.5. The predicted molar refractivity (Wildman–Crippen MR) is 89.8 cm³/mol. The number of aryl methyl sites for hydroxylation is 1. The zero-order valence-electron chi connectivity index (χ0n) is 13.8. The molecule has 0 N–H and O–H groups in total. The summed E-state index contributed by atoms with van der Waals surface area (Å²) in [6, 6.07) is 2.12. The summed E-state index contributed by atoms with van der Waals surface area (Å²) >= 11 is 0. The molecular formula is C17H21FN6. The van der Waals surface area contributed by atoms with E-state index in [1.165, 1.54) is 25.6 Å². The summed E-state index contributed by atoms with van der Waals surface area (Å²) in [5.74, 6) is 1.66. The topological polar surface area (TPSA) is 58.0 Å². The second kappa shape index (κ2) is 6.30. The normalized spacial score (nSPS) is 18.6. The number of nitrogens with zero attached hydrogens (tertiary/aromatic N) is 6. The Labute approximate surface area is 140 Å². The van der Waals surface area contributed by atoms with Crippen LogP contribution in [-0.2, 0) is 0 Å². The molecule has 0 amide bonds. The van der Waals surface area contributed by atoms with Gasteiger partial charge >= 0.3 is 0 Å². The van der Waals surface area contributed by atoms with E-state index in [-0.39, 0.29) is 5.82 Å². The Morgan fingerprint density at radius 1 is 0.958 bits per heavy atom. The highest BCUT2D eigenvalue weighted by atomic mass is 19.1. The summed E-state index contributed by atoms with van der Waals surface area (Å²) in [5, 5.41) is 0. The number of anilines is 2. The minimum Gasteiger partial charge on any atom is -0.353 e. The largest absolute Gasteiger partial charge is 0.353 e. The van der Waals surface area contributed by atoms with Crippen LogP contribution in [0.1, 0.15) is 36.6 Å². The molecule has 0 unspecified atom stereocenters. The minimum absolute atomic E-state index is 0.319. The fourth-order valence-corrected chi connectivity index (χ4v) is 3.27. The second-order valence-electron chi connectivity index (χ2n) is 6.50. The number of hydrogen-bond acceptors (Lipinski definition) is 6. The van der Waals surface area contributed by atoms with E-state index >= 15 is 0 Å². The van der Waals surface area contributed by atoms with Crippen molar-refractivity contribution in [1.29, 1.82) is 0 Å². The van der Waals surface area contributed by atoms with Crippen LogP contribution in [0.3, 0.4) is 0 Å². The van der Waals surface area contributed by atoms with E-state index < -0.39 is 0 Å². The number of hydrogen-bond donors (Lipinski definition) is 0. The third-order valence-corrected chi connectivity index (χ3v) is 5.05. The van der Waals surface area contributed by atoms with Crippen LogP contribution >= 0.6 is 0 Å². The van der Waals surface area contributed by atoms with Crippen molar-refractivity contribution in [3.8, 4) is 0 Å². The Kier molecular flexibility index (Phi) is 4.00. The van der Waals surface area contributed by atoms with Gasteiger partial charge in [-0.15, -0.1) is 0 Å². The molecule has 2 fully saturated rings. The molecule has 7 heteroatoms. The van der Waals surface area contributed by atoms with Crippen molar-refractivity contribution >= 4 is 11.6 Å². The lowest BCUT2D eigenvalue weighted by molar-refractivity contribution is 0.410. The molecule has 2 aromatic heterocycles. The maximum Gasteiger partial charge on any atom is 0.186 e. The molecule has 2 aromatic rings. The maximum atomic E-state index is 14.2. The van der Waals surface area contributed by atoms with Gasteiger partial charge in [-0.1, -0.05) is 6.42 Å². The first-order valence-corrected chi connectivity index (χ1v) is 8.51. The summed E-state index contributed by atoms with van der Waals surface area (Å²) in [5.41, 5.74) is 1.55. The zero-order valence-corrected chi connectivity index (χ0v) is 13.8. The fraction of sp³-hybridized carbons (Fsp3) is 0.529. The summed E-state index contributed by atoms with van der Waals surface area (Å²) in [7, 11) is 0. The van der Waals surface area contributed by atoms with E-state index in [4.69, 9.17) is 0 Å². The minimum atomic E-state index is -0.319. The van der Waals surface area contributed by atoms with Gasteiger partial charge in [0.25, 0.3) is 0 Å². The highest BCUT2D eigenvalue weighted by Crippen LogP contribution is 2.36. The van der Waals surface area contributed by atoms with E-state index in [2.05, 4.69) is 30.9 Å². The average molecular weight is 328 g/mol. The molecule has 4 rings (SSSR count). The van der Waals surface area contributed by atoms with Gasteiger partial charge in [0, 0.05) is 43.9 Å². The van der Waals surface area contributed by atoms with E-state index in [0.29, 0.717) is 17.4 Å². The lowest BCUT2D eigenvalue weighted by atomic mass is 9.83. The third-order valence-electron chi connectivity index (χ3n) is 5.05. The Bertz CT molecular complexity index is 725. The van der Waals surface area contributed by atoms with Crippen LogP contribution in [0.15, 0.2) is 18.7 Å². The van der Waals surface area contributed by atoms with Gasteiger partial charge in [0.2, 0.25) is 0 Å². The van der Waals surface area contributed by atoms with Gasteiger partial charge in [-0.3, -0.25) is 0 Å². The van der Waals surface area contributed by atoms with Crippen molar-refractivity contribution in [2.24, 2.45) is 0 Å². The van der Waals surface area contributed by atoms with Crippen LogP contribution in [0.4, 0.5) is 16.0 Å². The lowest BCUT2D eigenvalue weighted by Crippen LogP contribution is -2.47. The molecule has 1 aliphatic heterocycles. The number of rotatable bonds is 3. The molecule has 0 aromatic carbocycles. The molecule has 24 heavy (non-hydrogen) atoms. The van der Waals surface area contributed by atoms with Gasteiger partial charge in [0.05, 0.1) is 5.69 Å². The van der Waals surface area contributed by atoms with Crippen LogP contribution in [0.25, 0.3) is 0 Å². The predicted octanol–water partition coefficient (Wildman–Crippen LogP) is 2.31. The smallest absolute Gasteiger partial charge is 0.186 e. The van der Waals surface area contributed by atoms with Gasteiger partial charge in [-0.2, -0.15) is 0 Å². The summed E-state index contributed by atoms with van der Waals surface area (Å²) in [6.45, 7) is 4.69. The van der Waals surface area contributed by atoms with Crippen LogP contribution in [-0.4, -0.2) is 46.1 Å². The first kappa shape index (κ1) is 15.2. The Morgan fingerprint density at radius 3 is 2.38 bits per heavy atom. The molecule has 126 valence electrons. The molecule has 1 saturated carbocycles. The Morgan fingerprint density at radius 2 is 1.67 bits per heavy atom. The van der Waals surface area contributed by atoms with Crippen molar-refractivity contribution in [1.82, 2.24) is 19.9 Å². The van der Waals surface area contributed by atoms with Crippen molar-refractivity contribution in [2.75, 3.05) is 36.0 Å². The van der Waals surface area contributed by atoms with E-state index in [1.54, 1.807) is 13.3 Å². The quantitative estimate of drug-likeness (QED) is 0.862. The molecule has 0 spiro atoms. The van der Waals surface area contributed by atoms with Gasteiger partial charge in [0.1, 0.15) is 18.5 Å². The van der Waals surface area contributed by atoms with Crippen molar-refractivity contribution in [3.05, 3.63) is 35.9 Å². The number of piperazine rings is 1. The second-order valence-corrected chi connectivity index (χ2v) is 6.50. The SMILES string of the molecule is Cc1ncnc(N2CCN(c3cc(C4CCC4)ncn3)CC2)c1F.